The highest BCUT2D eigenvalue weighted by Gasteiger charge is 2.14. The van der Waals surface area contributed by atoms with Crippen LogP contribution in [0.4, 0.5) is 0 Å². The molecule has 1 aromatic carbocycles. The van der Waals surface area contributed by atoms with E-state index in [1.807, 2.05) is 0 Å². The van der Waals surface area contributed by atoms with Gasteiger partial charge in [0.2, 0.25) is 0 Å². The molecule has 0 bridgehead atoms. The predicted octanol–water partition coefficient (Wildman–Crippen LogP) is 3.05. The molecule has 0 aliphatic heterocycles. The summed E-state index contributed by atoms with van der Waals surface area (Å²) in [4.78, 5) is 9.35. The second-order valence-corrected chi connectivity index (χ2v) is 5.46. The van der Waals surface area contributed by atoms with E-state index in [9.17, 15) is 0 Å². The lowest BCUT2D eigenvalue weighted by atomic mass is 9.98. The highest BCUT2D eigenvalue weighted by molar-refractivity contribution is 5.32. The highest BCUT2D eigenvalue weighted by atomic mass is 14.9. The van der Waals surface area contributed by atoms with E-state index in [1.165, 1.54) is 16.7 Å². The van der Waals surface area contributed by atoms with Crippen molar-refractivity contribution >= 4 is 0 Å². The number of benzene rings is 1. The molecule has 106 valence electrons. The van der Waals surface area contributed by atoms with Crippen LogP contribution in [0.5, 0.6) is 0 Å². The van der Waals surface area contributed by atoms with Crippen LogP contribution in [0.1, 0.15) is 46.7 Å². The Labute approximate surface area is 121 Å². The quantitative estimate of drug-likeness (QED) is 0.928. The normalized spacial score (nSPS) is 12.4. The molecule has 1 atom stereocenters. The first-order valence-corrected chi connectivity index (χ1v) is 7.11. The molecule has 0 amide bonds. The molecule has 1 aromatic heterocycles. The third-order valence-corrected chi connectivity index (χ3v) is 3.83. The van der Waals surface area contributed by atoms with Crippen molar-refractivity contribution in [3.8, 4) is 0 Å². The van der Waals surface area contributed by atoms with Crippen molar-refractivity contribution < 1.29 is 0 Å². The summed E-state index contributed by atoms with van der Waals surface area (Å²) < 4.78 is 0. The minimum Gasteiger partial charge on any atom is -0.330 e. The molecule has 2 rings (SSSR count). The van der Waals surface area contributed by atoms with Gasteiger partial charge in [0, 0.05) is 17.8 Å². The monoisotopic (exact) mass is 269 g/mol. The SMILES string of the molecule is Cc1ccccc1Cc1nc(C)c(C(C)CN)c(C)n1. The first-order chi connectivity index (χ1) is 9.52. The molecule has 1 unspecified atom stereocenters. The van der Waals surface area contributed by atoms with Crippen molar-refractivity contribution in [3.05, 3.63) is 58.2 Å². The van der Waals surface area contributed by atoms with E-state index in [2.05, 4.69) is 61.9 Å². The molecule has 0 spiro atoms. The summed E-state index contributed by atoms with van der Waals surface area (Å²) in [7, 11) is 0. The maximum atomic E-state index is 5.77. The summed E-state index contributed by atoms with van der Waals surface area (Å²) in [5, 5.41) is 0. The van der Waals surface area contributed by atoms with Crippen LogP contribution in [0, 0.1) is 20.8 Å². The first-order valence-electron chi connectivity index (χ1n) is 7.11. The second kappa shape index (κ2) is 6.14. The number of rotatable bonds is 4. The molecule has 2 N–H and O–H groups in total. The highest BCUT2D eigenvalue weighted by Crippen LogP contribution is 2.21. The van der Waals surface area contributed by atoms with Crippen molar-refractivity contribution in [2.75, 3.05) is 6.54 Å². The van der Waals surface area contributed by atoms with Crippen LogP contribution in [-0.4, -0.2) is 16.5 Å². The van der Waals surface area contributed by atoms with Gasteiger partial charge in [0.1, 0.15) is 5.82 Å². The van der Waals surface area contributed by atoms with Gasteiger partial charge in [-0.25, -0.2) is 9.97 Å². The second-order valence-electron chi connectivity index (χ2n) is 5.46. The van der Waals surface area contributed by atoms with E-state index in [-0.39, 0.29) is 0 Å². The molecule has 1 heterocycles. The van der Waals surface area contributed by atoms with Gasteiger partial charge in [-0.3, -0.25) is 0 Å². The van der Waals surface area contributed by atoms with Crippen LogP contribution in [0.25, 0.3) is 0 Å². The molecule has 3 nitrogen and oxygen atoms in total. The fraction of sp³-hybridized carbons (Fsp3) is 0.412. The molecular weight excluding hydrogens is 246 g/mol. The fourth-order valence-corrected chi connectivity index (χ4v) is 2.68. The Bertz CT molecular complexity index is 582. The van der Waals surface area contributed by atoms with Gasteiger partial charge in [0.25, 0.3) is 0 Å². The smallest absolute Gasteiger partial charge is 0.133 e. The lowest BCUT2D eigenvalue weighted by Crippen LogP contribution is -2.15. The molecule has 0 aliphatic carbocycles. The summed E-state index contributed by atoms with van der Waals surface area (Å²) in [5.41, 5.74) is 11.6. The maximum absolute atomic E-state index is 5.77. The lowest BCUT2D eigenvalue weighted by Gasteiger charge is -2.16. The summed E-state index contributed by atoms with van der Waals surface area (Å²) in [6.07, 6.45) is 0.783. The Balaban J connectivity index is 2.34. The van der Waals surface area contributed by atoms with Gasteiger partial charge in [0.15, 0.2) is 0 Å². The Kier molecular flexibility index (Phi) is 4.50. The van der Waals surface area contributed by atoms with Gasteiger partial charge in [-0.1, -0.05) is 31.2 Å². The summed E-state index contributed by atoms with van der Waals surface area (Å²) in [5.74, 6) is 1.20. The molecule has 0 fully saturated rings. The van der Waals surface area contributed by atoms with Crippen molar-refractivity contribution in [2.45, 2.75) is 40.0 Å². The number of aromatic nitrogens is 2. The van der Waals surface area contributed by atoms with Crippen molar-refractivity contribution in [2.24, 2.45) is 5.73 Å². The largest absolute Gasteiger partial charge is 0.330 e. The van der Waals surface area contributed by atoms with E-state index in [1.54, 1.807) is 0 Å². The fourth-order valence-electron chi connectivity index (χ4n) is 2.68. The average molecular weight is 269 g/mol. The first kappa shape index (κ1) is 14.7. The van der Waals surface area contributed by atoms with E-state index in [0.717, 1.165) is 23.6 Å². The Morgan fingerprint density at radius 3 is 2.20 bits per heavy atom. The van der Waals surface area contributed by atoms with Crippen LogP contribution < -0.4 is 5.73 Å². The van der Waals surface area contributed by atoms with E-state index in [4.69, 9.17) is 5.73 Å². The molecule has 0 saturated heterocycles. The molecule has 0 radical (unpaired) electrons. The van der Waals surface area contributed by atoms with Crippen LogP contribution in [-0.2, 0) is 6.42 Å². The Morgan fingerprint density at radius 2 is 1.65 bits per heavy atom. The lowest BCUT2D eigenvalue weighted by molar-refractivity contribution is 0.733. The number of nitrogens with zero attached hydrogens (tertiary/aromatic N) is 2. The molecule has 0 saturated carbocycles. The third kappa shape index (κ3) is 3.05. The van der Waals surface area contributed by atoms with Crippen molar-refractivity contribution in [1.29, 1.82) is 0 Å². The topological polar surface area (TPSA) is 51.8 Å². The van der Waals surface area contributed by atoms with Crippen molar-refractivity contribution in [1.82, 2.24) is 9.97 Å². The van der Waals surface area contributed by atoms with Gasteiger partial charge in [-0.2, -0.15) is 0 Å². The van der Waals surface area contributed by atoms with Gasteiger partial charge >= 0.3 is 0 Å². The third-order valence-electron chi connectivity index (χ3n) is 3.83. The summed E-state index contributed by atoms with van der Waals surface area (Å²) in [6.45, 7) is 8.98. The maximum Gasteiger partial charge on any atom is 0.133 e. The van der Waals surface area contributed by atoms with Gasteiger partial charge < -0.3 is 5.73 Å². The van der Waals surface area contributed by atoms with Crippen LogP contribution >= 0.6 is 0 Å². The van der Waals surface area contributed by atoms with Crippen LogP contribution in [0.15, 0.2) is 24.3 Å². The van der Waals surface area contributed by atoms with Crippen LogP contribution in [0.3, 0.4) is 0 Å². The van der Waals surface area contributed by atoms with Gasteiger partial charge in [-0.15, -0.1) is 0 Å². The zero-order chi connectivity index (χ0) is 14.7. The Morgan fingerprint density at radius 1 is 1.05 bits per heavy atom. The van der Waals surface area contributed by atoms with Crippen molar-refractivity contribution in [3.63, 3.8) is 0 Å². The zero-order valence-electron chi connectivity index (χ0n) is 12.8. The van der Waals surface area contributed by atoms with Gasteiger partial charge in [-0.05, 0) is 49.9 Å². The number of hydrogen-bond acceptors (Lipinski definition) is 3. The number of aryl methyl sites for hydroxylation is 3. The minimum absolute atomic E-state index is 0.308. The Hall–Kier alpha value is -1.74. The average Bonchev–Trinajstić information content (AvgIpc) is 2.40. The van der Waals surface area contributed by atoms with E-state index >= 15 is 0 Å². The predicted molar refractivity (Wildman–Crippen MR) is 83.0 cm³/mol. The van der Waals surface area contributed by atoms with E-state index < -0.39 is 0 Å². The summed E-state index contributed by atoms with van der Waals surface area (Å²) >= 11 is 0. The molecule has 3 heteroatoms. The number of hydrogen-bond donors (Lipinski definition) is 1. The zero-order valence-corrected chi connectivity index (χ0v) is 12.8. The molecular formula is C17H23N3. The van der Waals surface area contributed by atoms with E-state index in [0.29, 0.717) is 12.5 Å². The molecule has 2 aromatic rings. The molecule has 20 heavy (non-hydrogen) atoms. The number of nitrogens with two attached hydrogens (primary N) is 1. The van der Waals surface area contributed by atoms with Gasteiger partial charge in [0.05, 0.1) is 0 Å². The van der Waals surface area contributed by atoms with Crippen LogP contribution in [0.2, 0.25) is 0 Å². The summed E-state index contributed by atoms with van der Waals surface area (Å²) in [6, 6.07) is 8.38. The minimum atomic E-state index is 0.308. The standard InChI is InChI=1S/C17H23N3/c1-11-7-5-6-8-15(11)9-16-19-13(3)17(12(2)10-18)14(4)20-16/h5-8,12H,9-10,18H2,1-4H3. The molecule has 0 aliphatic rings.